The first-order chi connectivity index (χ1) is 8.86. The molecule has 0 saturated carbocycles. The van der Waals surface area contributed by atoms with Crippen LogP contribution in [0.15, 0.2) is 35.2 Å². The van der Waals surface area contributed by atoms with Crippen molar-refractivity contribution in [3.8, 4) is 0 Å². The zero-order chi connectivity index (χ0) is 12.6. The Kier molecular flexibility index (Phi) is 5.59. The molecule has 0 N–H and O–H groups in total. The summed E-state index contributed by atoms with van der Waals surface area (Å²) in [5.74, 6) is 1.45. The third-order valence-corrected chi connectivity index (χ3v) is 4.35. The quantitative estimate of drug-likeness (QED) is 0.598. The van der Waals surface area contributed by atoms with Crippen molar-refractivity contribution in [1.29, 1.82) is 0 Å². The van der Waals surface area contributed by atoms with E-state index in [9.17, 15) is 4.79 Å². The van der Waals surface area contributed by atoms with Gasteiger partial charge in [-0.1, -0.05) is 24.6 Å². The van der Waals surface area contributed by atoms with E-state index in [1.54, 1.807) is 0 Å². The lowest BCUT2D eigenvalue weighted by molar-refractivity contribution is -0.130. The first-order valence-electron chi connectivity index (χ1n) is 6.82. The molecular weight excluding hydrogens is 242 g/mol. The Morgan fingerprint density at radius 1 is 1.11 bits per heavy atom. The molecule has 1 aliphatic heterocycles. The fourth-order valence-corrected chi connectivity index (χ4v) is 3.10. The van der Waals surface area contributed by atoms with Crippen LogP contribution < -0.4 is 0 Å². The molecule has 0 unspecified atom stereocenters. The van der Waals surface area contributed by atoms with Crippen molar-refractivity contribution in [2.24, 2.45) is 0 Å². The van der Waals surface area contributed by atoms with Crippen LogP contribution >= 0.6 is 11.8 Å². The first kappa shape index (κ1) is 13.5. The third kappa shape index (κ3) is 4.37. The molecule has 2 rings (SSSR count). The minimum absolute atomic E-state index is 0.359. The van der Waals surface area contributed by atoms with E-state index in [0.717, 1.165) is 38.1 Å². The van der Waals surface area contributed by atoms with Gasteiger partial charge in [0.1, 0.15) is 0 Å². The second kappa shape index (κ2) is 7.47. The van der Waals surface area contributed by atoms with E-state index in [4.69, 9.17) is 0 Å². The maximum absolute atomic E-state index is 11.8. The Labute approximate surface area is 114 Å². The van der Waals surface area contributed by atoms with Crippen molar-refractivity contribution in [2.75, 3.05) is 18.8 Å². The van der Waals surface area contributed by atoms with Crippen LogP contribution in [-0.2, 0) is 4.79 Å². The Morgan fingerprint density at radius 2 is 1.94 bits per heavy atom. The van der Waals surface area contributed by atoms with Crippen LogP contribution in [0.4, 0.5) is 0 Å². The summed E-state index contributed by atoms with van der Waals surface area (Å²) in [5.41, 5.74) is 0. The van der Waals surface area contributed by atoms with Crippen LogP contribution in [0.1, 0.15) is 32.1 Å². The van der Waals surface area contributed by atoms with Gasteiger partial charge in [0.2, 0.25) is 5.91 Å². The topological polar surface area (TPSA) is 20.3 Å². The number of carbonyl (C=O) groups excluding carboxylic acids is 1. The Hall–Kier alpha value is -0.960. The third-order valence-electron chi connectivity index (χ3n) is 3.26. The van der Waals surface area contributed by atoms with Gasteiger partial charge in [0, 0.05) is 24.4 Å². The summed E-state index contributed by atoms with van der Waals surface area (Å²) >= 11 is 1.88. The molecule has 0 atom stereocenters. The second-order valence-corrected chi connectivity index (χ2v) is 5.87. The van der Waals surface area contributed by atoms with Crippen molar-refractivity contribution in [1.82, 2.24) is 4.90 Å². The molecule has 1 amide bonds. The van der Waals surface area contributed by atoms with Gasteiger partial charge in [-0.3, -0.25) is 4.79 Å². The summed E-state index contributed by atoms with van der Waals surface area (Å²) in [4.78, 5) is 15.2. The average molecular weight is 263 g/mol. The van der Waals surface area contributed by atoms with E-state index in [0.29, 0.717) is 5.91 Å². The van der Waals surface area contributed by atoms with E-state index < -0.39 is 0 Å². The van der Waals surface area contributed by atoms with Gasteiger partial charge in [-0.2, -0.15) is 0 Å². The standard InChI is InChI=1S/C15H21NOS/c17-15-10-5-2-6-11-16(15)12-7-13-18-14-8-3-1-4-9-14/h1,3-4,8-9H,2,5-7,10-13H2. The molecular formula is C15H21NOS. The summed E-state index contributed by atoms with van der Waals surface area (Å²) in [5, 5.41) is 0. The normalized spacial score (nSPS) is 16.7. The molecule has 1 saturated heterocycles. The molecule has 2 nitrogen and oxygen atoms in total. The highest BCUT2D eigenvalue weighted by Crippen LogP contribution is 2.18. The molecule has 0 aliphatic carbocycles. The maximum Gasteiger partial charge on any atom is 0.222 e. The van der Waals surface area contributed by atoms with Crippen LogP contribution in [0.3, 0.4) is 0 Å². The van der Waals surface area contributed by atoms with Gasteiger partial charge >= 0.3 is 0 Å². The fraction of sp³-hybridized carbons (Fsp3) is 0.533. The summed E-state index contributed by atoms with van der Waals surface area (Å²) in [7, 11) is 0. The molecule has 1 aromatic carbocycles. The zero-order valence-electron chi connectivity index (χ0n) is 10.8. The molecule has 1 aliphatic rings. The van der Waals surface area contributed by atoms with Crippen molar-refractivity contribution in [2.45, 2.75) is 37.0 Å². The Bertz CT molecular complexity index is 366. The predicted molar refractivity (Wildman–Crippen MR) is 76.8 cm³/mol. The fourth-order valence-electron chi connectivity index (χ4n) is 2.24. The van der Waals surface area contributed by atoms with E-state index in [-0.39, 0.29) is 0 Å². The highest BCUT2D eigenvalue weighted by atomic mass is 32.2. The Balaban J connectivity index is 1.67. The van der Waals surface area contributed by atoms with Crippen LogP contribution in [0.5, 0.6) is 0 Å². The zero-order valence-corrected chi connectivity index (χ0v) is 11.6. The van der Waals surface area contributed by atoms with Gasteiger partial charge in [-0.25, -0.2) is 0 Å². The molecule has 3 heteroatoms. The van der Waals surface area contributed by atoms with Gasteiger partial charge in [-0.05, 0) is 37.1 Å². The highest BCUT2D eigenvalue weighted by molar-refractivity contribution is 7.99. The first-order valence-corrected chi connectivity index (χ1v) is 7.80. The number of hydrogen-bond acceptors (Lipinski definition) is 2. The SMILES string of the molecule is O=C1CCCCCN1CCCSc1ccccc1. The largest absolute Gasteiger partial charge is 0.343 e. The van der Waals surface area contributed by atoms with Gasteiger partial charge < -0.3 is 4.90 Å². The summed E-state index contributed by atoms with van der Waals surface area (Å²) in [6.07, 6.45) is 5.31. The number of thioether (sulfide) groups is 1. The van der Waals surface area contributed by atoms with Crippen LogP contribution in [0.2, 0.25) is 0 Å². The maximum atomic E-state index is 11.8. The molecule has 0 spiro atoms. The van der Waals surface area contributed by atoms with E-state index in [1.165, 1.54) is 17.7 Å². The van der Waals surface area contributed by atoms with Crippen LogP contribution in [0.25, 0.3) is 0 Å². The minimum atomic E-state index is 0.359. The van der Waals surface area contributed by atoms with Gasteiger partial charge in [0.05, 0.1) is 0 Å². The van der Waals surface area contributed by atoms with Gasteiger partial charge in [0.25, 0.3) is 0 Å². The smallest absolute Gasteiger partial charge is 0.222 e. The predicted octanol–water partition coefficient (Wildman–Crippen LogP) is 3.57. The lowest BCUT2D eigenvalue weighted by atomic mass is 10.2. The number of hydrogen-bond donors (Lipinski definition) is 0. The monoisotopic (exact) mass is 263 g/mol. The molecule has 1 fully saturated rings. The molecule has 98 valence electrons. The molecule has 18 heavy (non-hydrogen) atoms. The number of amides is 1. The second-order valence-electron chi connectivity index (χ2n) is 4.71. The van der Waals surface area contributed by atoms with Crippen LogP contribution in [0, 0.1) is 0 Å². The van der Waals surface area contributed by atoms with Crippen molar-refractivity contribution < 1.29 is 4.79 Å². The number of benzene rings is 1. The number of nitrogens with zero attached hydrogens (tertiary/aromatic N) is 1. The van der Waals surface area contributed by atoms with Gasteiger partial charge in [0.15, 0.2) is 0 Å². The minimum Gasteiger partial charge on any atom is -0.343 e. The number of rotatable bonds is 5. The van der Waals surface area contributed by atoms with E-state index >= 15 is 0 Å². The summed E-state index contributed by atoms with van der Waals surface area (Å²) < 4.78 is 0. The molecule has 1 heterocycles. The number of carbonyl (C=O) groups is 1. The lowest BCUT2D eigenvalue weighted by Gasteiger charge is -2.20. The molecule has 1 aromatic rings. The van der Waals surface area contributed by atoms with E-state index in [1.807, 2.05) is 17.8 Å². The summed E-state index contributed by atoms with van der Waals surface area (Å²) in [6, 6.07) is 10.5. The molecule has 0 aromatic heterocycles. The average Bonchev–Trinajstić information content (AvgIpc) is 2.61. The Morgan fingerprint density at radius 3 is 2.78 bits per heavy atom. The molecule has 0 radical (unpaired) electrons. The van der Waals surface area contributed by atoms with Crippen LogP contribution in [-0.4, -0.2) is 29.6 Å². The van der Waals surface area contributed by atoms with Crippen molar-refractivity contribution in [3.63, 3.8) is 0 Å². The van der Waals surface area contributed by atoms with Crippen molar-refractivity contribution >= 4 is 17.7 Å². The number of likely N-dealkylation sites (tertiary alicyclic amines) is 1. The van der Waals surface area contributed by atoms with Crippen molar-refractivity contribution in [3.05, 3.63) is 30.3 Å². The van der Waals surface area contributed by atoms with E-state index in [2.05, 4.69) is 29.2 Å². The summed E-state index contributed by atoms with van der Waals surface area (Å²) in [6.45, 7) is 1.90. The lowest BCUT2D eigenvalue weighted by Crippen LogP contribution is -2.31. The molecule has 0 bridgehead atoms. The van der Waals surface area contributed by atoms with Gasteiger partial charge in [-0.15, -0.1) is 11.8 Å². The highest BCUT2D eigenvalue weighted by Gasteiger charge is 2.15.